The number of carbonyl (C=O) groups is 1. The highest BCUT2D eigenvalue weighted by Gasteiger charge is 2.25. The van der Waals surface area contributed by atoms with Crippen molar-refractivity contribution in [3.8, 4) is 0 Å². The van der Waals surface area contributed by atoms with Gasteiger partial charge in [-0.25, -0.2) is 0 Å². The van der Waals surface area contributed by atoms with Gasteiger partial charge in [-0.2, -0.15) is 0 Å². The zero-order chi connectivity index (χ0) is 11.4. The first-order chi connectivity index (χ1) is 7.75. The maximum atomic E-state index is 11.8. The Kier molecular flexibility index (Phi) is 6.23. The summed E-state index contributed by atoms with van der Waals surface area (Å²) in [7, 11) is 0. The fourth-order valence-corrected chi connectivity index (χ4v) is 2.52. The molecule has 100 valence electrons. The van der Waals surface area contributed by atoms with Crippen molar-refractivity contribution in [3.05, 3.63) is 0 Å². The van der Waals surface area contributed by atoms with E-state index in [1.807, 2.05) is 0 Å². The van der Waals surface area contributed by atoms with Crippen LogP contribution < -0.4 is 10.6 Å². The third-order valence-corrected chi connectivity index (χ3v) is 3.46. The van der Waals surface area contributed by atoms with E-state index in [1.165, 1.54) is 0 Å². The van der Waals surface area contributed by atoms with Crippen LogP contribution >= 0.6 is 12.4 Å². The van der Waals surface area contributed by atoms with Crippen molar-refractivity contribution in [3.63, 3.8) is 0 Å². The third kappa shape index (κ3) is 4.45. The Morgan fingerprint density at radius 2 is 2.35 bits per heavy atom. The Balaban J connectivity index is 0.00000144. The molecule has 2 aliphatic rings. The Bertz CT molecular complexity index is 239. The number of hydrogen-bond donors (Lipinski definition) is 2. The molecule has 0 bridgehead atoms. The third-order valence-electron chi connectivity index (χ3n) is 3.46. The van der Waals surface area contributed by atoms with E-state index in [9.17, 15) is 4.79 Å². The second-order valence-electron chi connectivity index (χ2n) is 4.97. The van der Waals surface area contributed by atoms with Crippen LogP contribution in [0.2, 0.25) is 0 Å². The van der Waals surface area contributed by atoms with Gasteiger partial charge in [0, 0.05) is 19.2 Å². The highest BCUT2D eigenvalue weighted by Crippen LogP contribution is 2.17. The maximum absolute atomic E-state index is 11.8. The van der Waals surface area contributed by atoms with Gasteiger partial charge < -0.3 is 15.4 Å². The number of ether oxygens (including phenoxy) is 1. The second kappa shape index (κ2) is 7.19. The monoisotopic (exact) mass is 262 g/mol. The molecule has 0 spiro atoms. The molecule has 0 aliphatic carbocycles. The Labute approximate surface area is 109 Å². The molecule has 2 N–H and O–H groups in total. The minimum Gasteiger partial charge on any atom is -0.378 e. The number of hydrogen-bond acceptors (Lipinski definition) is 3. The SMILES string of the molecule is CC(CC1CCCO1)NC(=O)C1CCNC1.Cl. The van der Waals surface area contributed by atoms with Gasteiger partial charge in [0.1, 0.15) is 0 Å². The van der Waals surface area contributed by atoms with Crippen LogP contribution in [-0.4, -0.2) is 37.7 Å². The van der Waals surface area contributed by atoms with Crippen LogP contribution in [0.25, 0.3) is 0 Å². The first-order valence-electron chi connectivity index (χ1n) is 6.38. The summed E-state index contributed by atoms with van der Waals surface area (Å²) >= 11 is 0. The second-order valence-corrected chi connectivity index (χ2v) is 4.97. The number of halogens is 1. The Morgan fingerprint density at radius 1 is 1.53 bits per heavy atom. The number of carbonyl (C=O) groups excluding carboxylic acids is 1. The van der Waals surface area contributed by atoms with E-state index in [0.29, 0.717) is 6.10 Å². The predicted octanol–water partition coefficient (Wildman–Crippen LogP) is 1.09. The lowest BCUT2D eigenvalue weighted by Gasteiger charge is -2.19. The maximum Gasteiger partial charge on any atom is 0.224 e. The smallest absolute Gasteiger partial charge is 0.224 e. The van der Waals surface area contributed by atoms with Crippen molar-refractivity contribution in [2.24, 2.45) is 5.92 Å². The Morgan fingerprint density at radius 3 is 2.94 bits per heavy atom. The highest BCUT2D eigenvalue weighted by molar-refractivity contribution is 5.85. The number of amides is 1. The van der Waals surface area contributed by atoms with Gasteiger partial charge >= 0.3 is 0 Å². The molecule has 17 heavy (non-hydrogen) atoms. The molecule has 2 heterocycles. The fourth-order valence-electron chi connectivity index (χ4n) is 2.52. The molecule has 0 saturated carbocycles. The molecule has 2 fully saturated rings. The van der Waals surface area contributed by atoms with Gasteiger partial charge in [0.25, 0.3) is 0 Å². The molecule has 2 aliphatic heterocycles. The standard InChI is InChI=1S/C12H22N2O2.ClH/c1-9(7-11-3-2-6-16-11)14-12(15)10-4-5-13-8-10;/h9-11,13H,2-8H2,1H3,(H,14,15);1H. The van der Waals surface area contributed by atoms with Crippen LogP contribution in [0.4, 0.5) is 0 Å². The lowest BCUT2D eigenvalue weighted by atomic mass is 10.1. The van der Waals surface area contributed by atoms with E-state index in [0.717, 1.165) is 45.4 Å². The summed E-state index contributed by atoms with van der Waals surface area (Å²) in [6.07, 6.45) is 4.59. The molecule has 0 aromatic carbocycles. The summed E-state index contributed by atoms with van der Waals surface area (Å²) in [6.45, 7) is 4.76. The van der Waals surface area contributed by atoms with Crippen molar-refractivity contribution in [2.45, 2.75) is 44.8 Å². The summed E-state index contributed by atoms with van der Waals surface area (Å²) < 4.78 is 5.57. The molecular formula is C12H23ClN2O2. The summed E-state index contributed by atoms with van der Waals surface area (Å²) in [4.78, 5) is 11.8. The van der Waals surface area contributed by atoms with Gasteiger partial charge in [-0.05, 0) is 39.2 Å². The lowest BCUT2D eigenvalue weighted by molar-refractivity contribution is -0.125. The van der Waals surface area contributed by atoms with Crippen LogP contribution in [0.15, 0.2) is 0 Å². The lowest BCUT2D eigenvalue weighted by Crippen LogP contribution is -2.39. The van der Waals surface area contributed by atoms with Crippen molar-refractivity contribution >= 4 is 18.3 Å². The summed E-state index contributed by atoms with van der Waals surface area (Å²) in [6, 6.07) is 0.233. The molecule has 5 heteroatoms. The van der Waals surface area contributed by atoms with E-state index in [1.54, 1.807) is 0 Å². The largest absolute Gasteiger partial charge is 0.378 e. The molecule has 3 unspecified atom stereocenters. The molecular weight excluding hydrogens is 240 g/mol. The van der Waals surface area contributed by atoms with Crippen LogP contribution in [0.1, 0.15) is 32.6 Å². The zero-order valence-corrected chi connectivity index (χ0v) is 11.2. The van der Waals surface area contributed by atoms with E-state index in [-0.39, 0.29) is 30.3 Å². The topological polar surface area (TPSA) is 50.4 Å². The van der Waals surface area contributed by atoms with Crippen LogP contribution in [-0.2, 0) is 9.53 Å². The number of nitrogens with one attached hydrogen (secondary N) is 2. The molecule has 2 saturated heterocycles. The minimum absolute atomic E-state index is 0. The molecule has 0 radical (unpaired) electrons. The van der Waals surface area contributed by atoms with E-state index in [2.05, 4.69) is 17.6 Å². The van der Waals surface area contributed by atoms with Gasteiger partial charge in [-0.1, -0.05) is 0 Å². The van der Waals surface area contributed by atoms with E-state index < -0.39 is 0 Å². The minimum atomic E-state index is 0. The van der Waals surface area contributed by atoms with Gasteiger partial charge in [-0.15, -0.1) is 12.4 Å². The normalized spacial score (nSPS) is 29.7. The number of rotatable bonds is 4. The van der Waals surface area contributed by atoms with Crippen molar-refractivity contribution in [1.29, 1.82) is 0 Å². The van der Waals surface area contributed by atoms with Crippen molar-refractivity contribution in [1.82, 2.24) is 10.6 Å². The van der Waals surface area contributed by atoms with Crippen LogP contribution in [0, 0.1) is 5.92 Å². The summed E-state index contributed by atoms with van der Waals surface area (Å²) in [5, 5.41) is 6.30. The molecule has 1 amide bonds. The molecule has 2 rings (SSSR count). The molecule has 0 aromatic heterocycles. The fraction of sp³-hybridized carbons (Fsp3) is 0.917. The quantitative estimate of drug-likeness (QED) is 0.798. The average molecular weight is 263 g/mol. The summed E-state index contributed by atoms with van der Waals surface area (Å²) in [5.74, 6) is 0.377. The van der Waals surface area contributed by atoms with Gasteiger partial charge in [0.2, 0.25) is 5.91 Å². The molecule has 4 nitrogen and oxygen atoms in total. The highest BCUT2D eigenvalue weighted by atomic mass is 35.5. The van der Waals surface area contributed by atoms with Crippen LogP contribution in [0.3, 0.4) is 0 Å². The Hall–Kier alpha value is -0.320. The summed E-state index contributed by atoms with van der Waals surface area (Å²) in [5.41, 5.74) is 0. The molecule has 3 atom stereocenters. The van der Waals surface area contributed by atoms with Gasteiger partial charge in [0.15, 0.2) is 0 Å². The van der Waals surface area contributed by atoms with Crippen LogP contribution in [0.5, 0.6) is 0 Å². The zero-order valence-electron chi connectivity index (χ0n) is 10.4. The van der Waals surface area contributed by atoms with Gasteiger partial charge in [-0.3, -0.25) is 4.79 Å². The van der Waals surface area contributed by atoms with Crippen molar-refractivity contribution in [2.75, 3.05) is 19.7 Å². The van der Waals surface area contributed by atoms with Crippen molar-refractivity contribution < 1.29 is 9.53 Å². The van der Waals surface area contributed by atoms with E-state index in [4.69, 9.17) is 4.74 Å². The molecule has 0 aromatic rings. The van der Waals surface area contributed by atoms with E-state index >= 15 is 0 Å². The predicted molar refractivity (Wildman–Crippen MR) is 69.4 cm³/mol. The average Bonchev–Trinajstić information content (AvgIpc) is 2.88. The first kappa shape index (κ1) is 14.7. The van der Waals surface area contributed by atoms with Gasteiger partial charge in [0.05, 0.1) is 12.0 Å². The first-order valence-corrected chi connectivity index (χ1v) is 6.38.